The van der Waals surface area contributed by atoms with Crippen LogP contribution in [0.4, 0.5) is 4.79 Å². The van der Waals surface area contributed by atoms with Crippen LogP contribution in [0.15, 0.2) is 83.0 Å². The molecule has 1 atom stereocenters. The van der Waals surface area contributed by atoms with Gasteiger partial charge in [-0.15, -0.1) is 11.3 Å². The number of hydrogen-bond donors (Lipinski definition) is 0. The number of hydrogen-bond acceptors (Lipinski definition) is 10. The summed E-state index contributed by atoms with van der Waals surface area (Å²) in [5, 5.41) is 2.91. The Labute approximate surface area is 306 Å². The van der Waals surface area contributed by atoms with E-state index in [0.29, 0.717) is 35.0 Å². The van der Waals surface area contributed by atoms with Gasteiger partial charge in [0.2, 0.25) is 5.60 Å². The molecule has 3 aromatic heterocycles. The number of aromatic nitrogens is 2. The van der Waals surface area contributed by atoms with Crippen molar-refractivity contribution < 1.29 is 33.3 Å². The van der Waals surface area contributed by atoms with Crippen molar-refractivity contribution in [2.45, 2.75) is 76.7 Å². The summed E-state index contributed by atoms with van der Waals surface area (Å²) in [6, 6.07) is 24.6. The van der Waals surface area contributed by atoms with Gasteiger partial charge in [0, 0.05) is 24.6 Å². The number of aryl methyl sites for hydroxylation is 1. The van der Waals surface area contributed by atoms with E-state index in [1.807, 2.05) is 60.0 Å². The monoisotopic (exact) mass is 736 g/mol. The van der Waals surface area contributed by atoms with Crippen LogP contribution in [0, 0.1) is 0 Å². The molecule has 0 saturated carbocycles. The number of pyridine rings is 2. The van der Waals surface area contributed by atoms with Gasteiger partial charge < -0.3 is 23.5 Å². The molecule has 2 aromatic carbocycles. The molecular formula is C40H40N2O8SSi. The first-order valence-electron chi connectivity index (χ1n) is 17.6. The van der Waals surface area contributed by atoms with Crippen LogP contribution in [0.5, 0.6) is 0 Å². The fourth-order valence-electron chi connectivity index (χ4n) is 7.21. The van der Waals surface area contributed by atoms with Crippen LogP contribution >= 0.6 is 11.3 Å². The minimum absolute atomic E-state index is 0.0376. The van der Waals surface area contributed by atoms with Crippen LogP contribution in [0.1, 0.15) is 57.3 Å². The summed E-state index contributed by atoms with van der Waals surface area (Å²) in [6.45, 7) is 6.89. The molecule has 0 spiro atoms. The third-order valence-electron chi connectivity index (χ3n) is 10.1. The zero-order valence-electron chi connectivity index (χ0n) is 29.4. The molecule has 0 unspecified atom stereocenters. The summed E-state index contributed by atoms with van der Waals surface area (Å²) < 4.78 is 23.9. The molecule has 5 aromatic rings. The third-order valence-corrected chi connectivity index (χ3v) is 14.3. The molecule has 12 heteroatoms. The molecule has 52 heavy (non-hydrogen) atoms. The zero-order chi connectivity index (χ0) is 36.5. The van der Waals surface area contributed by atoms with E-state index in [2.05, 4.69) is 19.2 Å². The number of ether oxygens (including phenoxy) is 4. The topological polar surface area (TPSA) is 123 Å². The lowest BCUT2D eigenvalue weighted by atomic mass is 9.85. The Hall–Kier alpha value is -5.07. The largest absolute Gasteiger partial charge is 0.510 e. The summed E-state index contributed by atoms with van der Waals surface area (Å²) in [4.78, 5) is 58.7. The van der Waals surface area contributed by atoms with E-state index >= 15 is 0 Å². The van der Waals surface area contributed by atoms with E-state index in [4.69, 9.17) is 23.9 Å². The normalized spacial score (nSPS) is 16.1. The van der Waals surface area contributed by atoms with Crippen LogP contribution in [-0.4, -0.2) is 42.3 Å². The van der Waals surface area contributed by atoms with E-state index in [1.165, 1.54) is 11.3 Å². The molecule has 0 aliphatic carbocycles. The summed E-state index contributed by atoms with van der Waals surface area (Å²) in [7, 11) is -1.72. The van der Waals surface area contributed by atoms with E-state index < -0.39 is 25.8 Å². The van der Waals surface area contributed by atoms with Crippen molar-refractivity contribution in [3.8, 4) is 11.4 Å². The number of rotatable bonds is 12. The quantitative estimate of drug-likeness (QED) is 0.0532. The van der Waals surface area contributed by atoms with E-state index in [1.54, 1.807) is 23.6 Å². The maximum Gasteiger partial charge on any atom is 0.510 e. The minimum atomic E-state index is -1.85. The Morgan fingerprint density at radius 3 is 2.54 bits per heavy atom. The Bertz CT molecular complexity index is 2220. The van der Waals surface area contributed by atoms with Gasteiger partial charge in [0.25, 0.3) is 5.56 Å². The Kier molecular flexibility index (Phi) is 9.86. The minimum Gasteiger partial charge on any atom is -0.462 e. The molecule has 10 nitrogen and oxygen atoms in total. The number of nitrogens with zero attached hydrogens (tertiary/aromatic N) is 2. The first-order chi connectivity index (χ1) is 25.1. The first kappa shape index (κ1) is 35.3. The molecular weight excluding hydrogens is 697 g/mol. The lowest BCUT2D eigenvalue weighted by Gasteiger charge is -2.35. The van der Waals surface area contributed by atoms with Crippen molar-refractivity contribution in [3.05, 3.63) is 121 Å². The number of benzene rings is 2. The molecule has 0 bridgehead atoms. The van der Waals surface area contributed by atoms with Crippen molar-refractivity contribution in [2.75, 3.05) is 6.61 Å². The average Bonchev–Trinajstić information content (AvgIpc) is 3.82. The fraction of sp³-hybridized carbons (Fsp3) is 0.325. The molecule has 5 heterocycles. The van der Waals surface area contributed by atoms with E-state index in [9.17, 15) is 19.2 Å². The van der Waals surface area contributed by atoms with Gasteiger partial charge in [-0.25, -0.2) is 19.4 Å². The lowest BCUT2D eigenvalue weighted by molar-refractivity contribution is -0.175. The van der Waals surface area contributed by atoms with Gasteiger partial charge in [0.1, 0.15) is 18.1 Å². The van der Waals surface area contributed by atoms with Crippen LogP contribution in [0.3, 0.4) is 0 Å². The Morgan fingerprint density at radius 2 is 1.77 bits per heavy atom. The van der Waals surface area contributed by atoms with Gasteiger partial charge in [-0.05, 0) is 54.0 Å². The predicted molar refractivity (Wildman–Crippen MR) is 200 cm³/mol. The number of cyclic esters (lactones) is 1. The Morgan fingerprint density at radius 1 is 0.981 bits per heavy atom. The molecule has 0 N–H and O–H groups in total. The highest BCUT2D eigenvalue weighted by atomic mass is 32.1. The van der Waals surface area contributed by atoms with Gasteiger partial charge in [-0.1, -0.05) is 86.7 Å². The van der Waals surface area contributed by atoms with E-state index in [0.717, 1.165) is 52.5 Å². The van der Waals surface area contributed by atoms with Crippen LogP contribution in [0.2, 0.25) is 25.2 Å². The number of thiophene rings is 1. The van der Waals surface area contributed by atoms with Crippen LogP contribution in [0.25, 0.3) is 22.3 Å². The van der Waals surface area contributed by atoms with E-state index in [-0.39, 0.29) is 36.7 Å². The summed E-state index contributed by atoms with van der Waals surface area (Å²) >= 11 is 1.38. The maximum absolute atomic E-state index is 14.2. The van der Waals surface area contributed by atoms with Crippen LogP contribution in [-0.2, 0) is 55.5 Å². The molecule has 2 aliphatic heterocycles. The van der Waals surface area contributed by atoms with Gasteiger partial charge >= 0.3 is 18.1 Å². The molecule has 0 amide bonds. The fourth-order valence-corrected chi connectivity index (χ4v) is 10.1. The SMILES string of the molecule is CC[C@@]1(OC(=O)OCc2ccccc2)C(=O)OCc2c1cc1n(c2=O)Cc2c-1nc1ccccc1c2CC[Si](C)(C)CCCOC(=O)c1cccs1. The number of fused-ring (bicyclic) bond motifs is 5. The van der Waals surface area contributed by atoms with Crippen molar-refractivity contribution in [1.82, 2.24) is 9.55 Å². The number of esters is 2. The summed E-state index contributed by atoms with van der Waals surface area (Å²) in [5.41, 5.74) is 3.38. The highest BCUT2D eigenvalue weighted by Crippen LogP contribution is 2.42. The molecule has 268 valence electrons. The molecule has 7 rings (SSSR count). The molecule has 2 aliphatic rings. The predicted octanol–water partition coefficient (Wildman–Crippen LogP) is 8.00. The summed E-state index contributed by atoms with van der Waals surface area (Å²) in [6.07, 6.45) is 0.618. The second-order valence-corrected chi connectivity index (χ2v) is 20.3. The smallest absolute Gasteiger partial charge is 0.462 e. The first-order valence-corrected chi connectivity index (χ1v) is 21.9. The molecule has 0 fully saturated rings. The van der Waals surface area contributed by atoms with Crippen molar-refractivity contribution in [1.29, 1.82) is 0 Å². The average molecular weight is 737 g/mol. The van der Waals surface area contributed by atoms with Gasteiger partial charge in [0.05, 0.1) is 35.6 Å². The lowest BCUT2D eigenvalue weighted by Crippen LogP contribution is -2.47. The number of carbonyl (C=O) groups is 3. The van der Waals surface area contributed by atoms with Gasteiger partial charge in [-0.2, -0.15) is 0 Å². The van der Waals surface area contributed by atoms with Gasteiger partial charge in [-0.3, -0.25) is 4.79 Å². The Balaban J connectivity index is 1.16. The van der Waals surface area contributed by atoms with Crippen molar-refractivity contribution in [2.24, 2.45) is 0 Å². The third kappa shape index (κ3) is 6.80. The second kappa shape index (κ2) is 14.5. The van der Waals surface area contributed by atoms with Gasteiger partial charge in [0.15, 0.2) is 0 Å². The zero-order valence-corrected chi connectivity index (χ0v) is 31.3. The molecule has 0 saturated heterocycles. The second-order valence-electron chi connectivity index (χ2n) is 14.0. The van der Waals surface area contributed by atoms with Crippen LogP contribution < -0.4 is 5.56 Å². The van der Waals surface area contributed by atoms with Crippen molar-refractivity contribution >= 4 is 48.4 Å². The number of para-hydroxylation sites is 1. The standard InChI is InChI=1S/C40H40N2O8SSi/c1-4-40(50-39(46)49-24-26-12-6-5-7-13-26)31-22-33-35-29(23-42(33)36(43)30(31)25-48-38(40)45)27(28-14-8-9-15-32(28)41-35)17-21-52(2,3)20-11-18-47-37(44)34-16-10-19-51-34/h5-10,12-16,19,22H,4,11,17-18,20-21,23-25H2,1-3H3/t40-/m0/s1. The molecule has 0 radical (unpaired) electrons. The van der Waals surface area contributed by atoms with Crippen molar-refractivity contribution in [3.63, 3.8) is 0 Å². The maximum atomic E-state index is 14.2. The summed E-state index contributed by atoms with van der Waals surface area (Å²) in [5.74, 6) is -1.02. The highest BCUT2D eigenvalue weighted by molar-refractivity contribution is 7.11. The highest BCUT2D eigenvalue weighted by Gasteiger charge is 2.51. The number of carbonyl (C=O) groups excluding carboxylic acids is 3.